The Bertz CT molecular complexity index is 446. The van der Waals surface area contributed by atoms with Gasteiger partial charge in [0.15, 0.2) is 0 Å². The van der Waals surface area contributed by atoms with Gasteiger partial charge in [-0.05, 0) is 25.7 Å². The number of rotatable bonds is 3. The summed E-state index contributed by atoms with van der Waals surface area (Å²) in [6.07, 6.45) is 3.77. The maximum atomic E-state index is 12.5. The molecule has 110 valence electrons. The molecule has 0 radical (unpaired) electrons. The molecule has 0 aromatic carbocycles. The standard InChI is InChI=1S/C14H20N2O4/c17-12-6-10(8-16(12)11-3-4-11)13(18)15-5-1-2-9(7-15)14(19)20/h9-11H,1-8H2,(H,19,20)/t9-,10?/m1/s1. The van der Waals surface area contributed by atoms with Crippen LogP contribution in [0.5, 0.6) is 0 Å². The van der Waals surface area contributed by atoms with Crippen LogP contribution in [0, 0.1) is 11.8 Å². The fraction of sp³-hybridized carbons (Fsp3) is 0.786. The summed E-state index contributed by atoms with van der Waals surface area (Å²) in [5.74, 6) is -1.50. The molecule has 2 saturated heterocycles. The molecule has 0 aromatic heterocycles. The van der Waals surface area contributed by atoms with Crippen LogP contribution in [0.4, 0.5) is 0 Å². The molecule has 1 saturated carbocycles. The molecular weight excluding hydrogens is 260 g/mol. The molecule has 3 rings (SSSR count). The molecular formula is C14H20N2O4. The van der Waals surface area contributed by atoms with E-state index in [0.717, 1.165) is 19.3 Å². The van der Waals surface area contributed by atoms with Gasteiger partial charge in [0.1, 0.15) is 0 Å². The second kappa shape index (κ2) is 5.07. The number of nitrogens with zero attached hydrogens (tertiary/aromatic N) is 2. The minimum atomic E-state index is -0.829. The Morgan fingerprint density at radius 3 is 2.50 bits per heavy atom. The summed E-state index contributed by atoms with van der Waals surface area (Å²) >= 11 is 0. The second-order valence-corrected chi connectivity index (χ2v) is 6.14. The van der Waals surface area contributed by atoms with Gasteiger partial charge in [-0.3, -0.25) is 14.4 Å². The van der Waals surface area contributed by atoms with Crippen molar-refractivity contribution in [1.82, 2.24) is 9.80 Å². The smallest absolute Gasteiger partial charge is 0.308 e. The first-order chi connectivity index (χ1) is 9.56. The fourth-order valence-electron chi connectivity index (χ4n) is 3.27. The molecule has 6 heteroatoms. The van der Waals surface area contributed by atoms with E-state index in [0.29, 0.717) is 38.5 Å². The van der Waals surface area contributed by atoms with E-state index >= 15 is 0 Å². The third-order valence-electron chi connectivity index (χ3n) is 4.58. The van der Waals surface area contributed by atoms with Gasteiger partial charge >= 0.3 is 5.97 Å². The molecule has 1 N–H and O–H groups in total. The summed E-state index contributed by atoms with van der Waals surface area (Å²) in [6, 6.07) is 0.355. The number of carbonyl (C=O) groups excluding carboxylic acids is 2. The van der Waals surface area contributed by atoms with Crippen LogP contribution in [0.2, 0.25) is 0 Å². The zero-order valence-corrected chi connectivity index (χ0v) is 11.5. The Balaban J connectivity index is 1.61. The summed E-state index contributed by atoms with van der Waals surface area (Å²) in [5, 5.41) is 9.07. The minimum Gasteiger partial charge on any atom is -0.481 e. The minimum absolute atomic E-state index is 0.0348. The van der Waals surface area contributed by atoms with Gasteiger partial charge in [-0.25, -0.2) is 0 Å². The predicted molar refractivity (Wildman–Crippen MR) is 69.8 cm³/mol. The number of carboxylic acid groups (broad SMARTS) is 1. The molecule has 2 amide bonds. The molecule has 0 aromatic rings. The molecule has 2 heterocycles. The fourth-order valence-corrected chi connectivity index (χ4v) is 3.27. The van der Waals surface area contributed by atoms with Crippen LogP contribution in [0.25, 0.3) is 0 Å². The van der Waals surface area contributed by atoms with E-state index in [1.807, 2.05) is 4.90 Å². The number of carboxylic acids is 1. The lowest BCUT2D eigenvalue weighted by Crippen LogP contribution is -2.45. The maximum absolute atomic E-state index is 12.5. The monoisotopic (exact) mass is 280 g/mol. The Hall–Kier alpha value is -1.59. The molecule has 1 unspecified atom stereocenters. The topological polar surface area (TPSA) is 77.9 Å². The van der Waals surface area contributed by atoms with Crippen molar-refractivity contribution in [1.29, 1.82) is 0 Å². The van der Waals surface area contributed by atoms with Gasteiger partial charge in [0.25, 0.3) is 0 Å². The number of carbonyl (C=O) groups is 3. The highest BCUT2D eigenvalue weighted by Gasteiger charge is 2.43. The van der Waals surface area contributed by atoms with Crippen molar-refractivity contribution < 1.29 is 19.5 Å². The zero-order chi connectivity index (χ0) is 14.3. The normalized spacial score (nSPS) is 30.7. The Morgan fingerprint density at radius 2 is 1.85 bits per heavy atom. The van der Waals surface area contributed by atoms with Crippen molar-refractivity contribution in [3.63, 3.8) is 0 Å². The van der Waals surface area contributed by atoms with Crippen LogP contribution < -0.4 is 0 Å². The quantitative estimate of drug-likeness (QED) is 0.807. The van der Waals surface area contributed by atoms with Gasteiger partial charge in [0.05, 0.1) is 11.8 Å². The number of hydrogen-bond donors (Lipinski definition) is 1. The van der Waals surface area contributed by atoms with Crippen molar-refractivity contribution >= 4 is 17.8 Å². The maximum Gasteiger partial charge on any atom is 0.308 e. The van der Waals surface area contributed by atoms with E-state index in [-0.39, 0.29) is 17.7 Å². The van der Waals surface area contributed by atoms with Crippen LogP contribution in [-0.2, 0) is 14.4 Å². The van der Waals surface area contributed by atoms with Crippen molar-refractivity contribution in [2.75, 3.05) is 19.6 Å². The predicted octanol–water partition coefficient (Wildman–Crippen LogP) is 0.320. The second-order valence-electron chi connectivity index (χ2n) is 6.14. The van der Waals surface area contributed by atoms with Crippen molar-refractivity contribution in [2.24, 2.45) is 11.8 Å². The lowest BCUT2D eigenvalue weighted by molar-refractivity contribution is -0.146. The summed E-state index contributed by atoms with van der Waals surface area (Å²) < 4.78 is 0. The molecule has 3 aliphatic rings. The highest BCUT2D eigenvalue weighted by molar-refractivity contribution is 5.90. The SMILES string of the molecule is O=C(O)[C@@H]1CCCN(C(=O)C2CC(=O)N(C3CC3)C2)C1. The van der Waals surface area contributed by atoms with E-state index < -0.39 is 11.9 Å². The summed E-state index contributed by atoms with van der Waals surface area (Å²) in [5.41, 5.74) is 0. The number of piperidine rings is 1. The molecule has 2 atom stereocenters. The van der Waals surface area contributed by atoms with Crippen LogP contribution >= 0.6 is 0 Å². The average Bonchev–Trinajstić information content (AvgIpc) is 3.21. The van der Waals surface area contributed by atoms with Gasteiger partial charge in [0, 0.05) is 32.1 Å². The lowest BCUT2D eigenvalue weighted by atomic mass is 9.96. The van der Waals surface area contributed by atoms with Crippen LogP contribution in [0.3, 0.4) is 0 Å². The average molecular weight is 280 g/mol. The number of aliphatic carboxylic acids is 1. The molecule has 20 heavy (non-hydrogen) atoms. The van der Waals surface area contributed by atoms with Gasteiger partial charge in [-0.2, -0.15) is 0 Å². The third-order valence-corrected chi connectivity index (χ3v) is 4.58. The van der Waals surface area contributed by atoms with Gasteiger partial charge in [-0.1, -0.05) is 0 Å². The van der Waals surface area contributed by atoms with E-state index in [9.17, 15) is 14.4 Å². The van der Waals surface area contributed by atoms with Crippen LogP contribution in [-0.4, -0.2) is 58.4 Å². The first-order valence-electron chi connectivity index (χ1n) is 7.37. The highest BCUT2D eigenvalue weighted by atomic mass is 16.4. The Morgan fingerprint density at radius 1 is 1.10 bits per heavy atom. The molecule has 6 nitrogen and oxygen atoms in total. The van der Waals surface area contributed by atoms with Crippen LogP contribution in [0.15, 0.2) is 0 Å². The van der Waals surface area contributed by atoms with E-state index in [2.05, 4.69) is 0 Å². The Kier molecular flexibility index (Phi) is 3.40. The van der Waals surface area contributed by atoms with Crippen molar-refractivity contribution in [3.05, 3.63) is 0 Å². The highest BCUT2D eigenvalue weighted by Crippen LogP contribution is 2.33. The third kappa shape index (κ3) is 2.51. The van der Waals surface area contributed by atoms with Gasteiger partial charge < -0.3 is 14.9 Å². The first-order valence-corrected chi connectivity index (χ1v) is 7.37. The summed E-state index contributed by atoms with van der Waals surface area (Å²) in [4.78, 5) is 38.9. The molecule has 1 aliphatic carbocycles. The zero-order valence-electron chi connectivity index (χ0n) is 11.5. The summed E-state index contributed by atoms with van der Waals surface area (Å²) in [6.45, 7) is 1.44. The van der Waals surface area contributed by atoms with Crippen LogP contribution in [0.1, 0.15) is 32.1 Å². The van der Waals surface area contributed by atoms with E-state index in [1.165, 1.54) is 0 Å². The summed E-state index contributed by atoms with van der Waals surface area (Å²) in [7, 11) is 0. The first kappa shape index (κ1) is 13.4. The molecule has 0 spiro atoms. The molecule has 2 aliphatic heterocycles. The molecule has 0 bridgehead atoms. The Labute approximate surface area is 117 Å². The van der Waals surface area contributed by atoms with E-state index in [1.54, 1.807) is 4.90 Å². The van der Waals surface area contributed by atoms with Gasteiger partial charge in [-0.15, -0.1) is 0 Å². The largest absolute Gasteiger partial charge is 0.481 e. The number of hydrogen-bond acceptors (Lipinski definition) is 3. The van der Waals surface area contributed by atoms with Crippen molar-refractivity contribution in [2.45, 2.75) is 38.1 Å². The lowest BCUT2D eigenvalue weighted by Gasteiger charge is -2.32. The molecule has 3 fully saturated rings. The van der Waals surface area contributed by atoms with Gasteiger partial charge in [0.2, 0.25) is 11.8 Å². The van der Waals surface area contributed by atoms with Crippen molar-refractivity contribution in [3.8, 4) is 0 Å². The number of likely N-dealkylation sites (tertiary alicyclic amines) is 2. The number of amides is 2. The van der Waals surface area contributed by atoms with E-state index in [4.69, 9.17) is 5.11 Å².